The second-order valence-corrected chi connectivity index (χ2v) is 6.12. The van der Waals surface area contributed by atoms with Gasteiger partial charge >= 0.3 is 6.09 Å². The van der Waals surface area contributed by atoms with Gasteiger partial charge in [0.15, 0.2) is 5.82 Å². The lowest BCUT2D eigenvalue weighted by molar-refractivity contribution is -0.384. The van der Waals surface area contributed by atoms with E-state index in [1.807, 2.05) is 0 Å². The fourth-order valence-electron chi connectivity index (χ4n) is 2.87. The molecular weight excluding hydrogens is 330 g/mol. The Morgan fingerprint density at radius 1 is 1.44 bits per heavy atom. The SMILES string of the molecule is CC1(C)c2[nH]nc(NC(=O)c3cccc([N+](=O)[O-])c3)c2CN1C(=O)O. The summed E-state index contributed by atoms with van der Waals surface area (Å²) in [6.45, 7) is 3.55. The van der Waals surface area contributed by atoms with E-state index in [9.17, 15) is 24.8 Å². The molecule has 1 aliphatic rings. The minimum Gasteiger partial charge on any atom is -0.465 e. The number of nitrogens with zero attached hydrogens (tertiary/aromatic N) is 3. The number of hydrogen-bond acceptors (Lipinski definition) is 5. The average molecular weight is 345 g/mol. The van der Waals surface area contributed by atoms with Crippen molar-refractivity contribution in [2.24, 2.45) is 0 Å². The van der Waals surface area contributed by atoms with E-state index in [1.165, 1.54) is 23.1 Å². The van der Waals surface area contributed by atoms with Gasteiger partial charge in [-0.25, -0.2) is 4.79 Å². The zero-order chi connectivity index (χ0) is 18.4. The molecule has 0 fully saturated rings. The molecule has 3 N–H and O–H groups in total. The molecule has 2 aromatic rings. The standard InChI is InChI=1S/C15H15N5O5/c1-15(2)11-10(7-19(15)14(22)23)12(18-17-11)16-13(21)8-4-3-5-9(6-8)20(24)25/h3-6H,7H2,1-2H3,(H,22,23)(H2,16,17,18,21). The van der Waals surface area contributed by atoms with E-state index in [4.69, 9.17) is 0 Å². The maximum Gasteiger partial charge on any atom is 0.408 e. The van der Waals surface area contributed by atoms with Crippen molar-refractivity contribution >= 4 is 23.5 Å². The van der Waals surface area contributed by atoms with Crippen LogP contribution in [0, 0.1) is 10.1 Å². The van der Waals surface area contributed by atoms with Crippen molar-refractivity contribution < 1.29 is 19.6 Å². The van der Waals surface area contributed by atoms with Crippen LogP contribution in [0.3, 0.4) is 0 Å². The number of fused-ring (bicyclic) bond motifs is 1. The highest BCUT2D eigenvalue weighted by Gasteiger charge is 2.44. The topological polar surface area (TPSA) is 141 Å². The Labute approximate surface area is 141 Å². The Hall–Kier alpha value is -3.43. The number of carbonyl (C=O) groups is 2. The van der Waals surface area contributed by atoms with Gasteiger partial charge in [0.25, 0.3) is 11.6 Å². The number of rotatable bonds is 3. The van der Waals surface area contributed by atoms with Crippen molar-refractivity contribution in [3.05, 3.63) is 51.2 Å². The summed E-state index contributed by atoms with van der Waals surface area (Å²) in [6, 6.07) is 5.31. The van der Waals surface area contributed by atoms with E-state index >= 15 is 0 Å². The number of benzene rings is 1. The molecule has 0 aliphatic carbocycles. The van der Waals surface area contributed by atoms with Crippen LogP contribution in [0.2, 0.25) is 0 Å². The first-order chi connectivity index (χ1) is 11.7. The third-order valence-corrected chi connectivity index (χ3v) is 4.25. The van der Waals surface area contributed by atoms with Crippen molar-refractivity contribution in [1.29, 1.82) is 0 Å². The maximum atomic E-state index is 12.3. The highest BCUT2D eigenvalue weighted by Crippen LogP contribution is 2.40. The number of carbonyl (C=O) groups excluding carboxylic acids is 1. The summed E-state index contributed by atoms with van der Waals surface area (Å²) >= 11 is 0. The number of amides is 2. The number of H-pyrrole nitrogens is 1. The number of aromatic amines is 1. The normalized spacial score (nSPS) is 14.9. The quantitative estimate of drug-likeness (QED) is 0.575. The first kappa shape index (κ1) is 16.4. The summed E-state index contributed by atoms with van der Waals surface area (Å²) in [5, 5.41) is 29.5. The zero-order valence-electron chi connectivity index (χ0n) is 13.4. The van der Waals surface area contributed by atoms with Crippen LogP contribution in [-0.4, -0.2) is 37.1 Å². The molecule has 0 unspecified atom stereocenters. The summed E-state index contributed by atoms with van der Waals surface area (Å²) in [4.78, 5) is 35.2. The second kappa shape index (κ2) is 5.58. The highest BCUT2D eigenvalue weighted by molar-refractivity contribution is 6.04. The molecule has 25 heavy (non-hydrogen) atoms. The Kier molecular flexibility index (Phi) is 3.67. The van der Waals surface area contributed by atoms with E-state index in [-0.39, 0.29) is 23.6 Å². The molecule has 3 rings (SSSR count). The molecule has 0 bridgehead atoms. The molecule has 0 radical (unpaired) electrons. The van der Waals surface area contributed by atoms with E-state index < -0.39 is 22.5 Å². The number of non-ortho nitro benzene ring substituents is 1. The van der Waals surface area contributed by atoms with Crippen molar-refractivity contribution in [3.8, 4) is 0 Å². The summed E-state index contributed by atoms with van der Waals surface area (Å²) in [6.07, 6.45) is -1.08. The molecule has 10 heteroatoms. The smallest absolute Gasteiger partial charge is 0.408 e. The monoisotopic (exact) mass is 345 g/mol. The fraction of sp³-hybridized carbons (Fsp3) is 0.267. The summed E-state index contributed by atoms with van der Waals surface area (Å²) in [5.41, 5.74) is 0.287. The Balaban J connectivity index is 1.87. The molecule has 0 saturated heterocycles. The molecule has 2 amide bonds. The number of nitrogens with one attached hydrogen (secondary N) is 2. The maximum absolute atomic E-state index is 12.3. The van der Waals surface area contributed by atoms with Gasteiger partial charge in [-0.05, 0) is 19.9 Å². The van der Waals surface area contributed by atoms with Gasteiger partial charge in [0.1, 0.15) is 0 Å². The molecule has 0 atom stereocenters. The van der Waals surface area contributed by atoms with Crippen molar-refractivity contribution in [2.45, 2.75) is 25.9 Å². The third-order valence-electron chi connectivity index (χ3n) is 4.25. The number of aromatic nitrogens is 2. The lowest BCUT2D eigenvalue weighted by Gasteiger charge is -2.28. The molecule has 1 aromatic heterocycles. The lowest BCUT2D eigenvalue weighted by Crippen LogP contribution is -2.39. The van der Waals surface area contributed by atoms with E-state index in [0.29, 0.717) is 11.3 Å². The Morgan fingerprint density at radius 3 is 2.80 bits per heavy atom. The number of anilines is 1. The van der Waals surface area contributed by atoms with Crippen LogP contribution in [0.4, 0.5) is 16.3 Å². The predicted molar refractivity (Wildman–Crippen MR) is 86.2 cm³/mol. The zero-order valence-corrected chi connectivity index (χ0v) is 13.4. The van der Waals surface area contributed by atoms with Crippen molar-refractivity contribution in [1.82, 2.24) is 15.1 Å². The first-order valence-electron chi connectivity index (χ1n) is 7.36. The first-order valence-corrected chi connectivity index (χ1v) is 7.36. The molecule has 0 saturated carbocycles. The molecule has 1 aromatic carbocycles. The number of nitro groups is 1. The summed E-state index contributed by atoms with van der Waals surface area (Å²) in [5.74, 6) is -0.354. The van der Waals surface area contributed by atoms with Crippen LogP contribution in [0.15, 0.2) is 24.3 Å². The van der Waals surface area contributed by atoms with Gasteiger partial charge in [0, 0.05) is 23.3 Å². The van der Waals surface area contributed by atoms with E-state index in [1.54, 1.807) is 13.8 Å². The predicted octanol–water partition coefficient (Wildman–Crippen LogP) is 2.30. The lowest BCUT2D eigenvalue weighted by atomic mass is 10.0. The third kappa shape index (κ3) is 2.67. The Bertz CT molecular complexity index is 888. The van der Waals surface area contributed by atoms with Crippen molar-refractivity contribution in [3.63, 3.8) is 0 Å². The van der Waals surface area contributed by atoms with Gasteiger partial charge in [-0.1, -0.05) is 6.07 Å². The largest absolute Gasteiger partial charge is 0.465 e. The second-order valence-electron chi connectivity index (χ2n) is 6.12. The minimum atomic E-state index is -1.08. The molecule has 0 spiro atoms. The molecule has 130 valence electrons. The van der Waals surface area contributed by atoms with E-state index in [2.05, 4.69) is 15.5 Å². The van der Waals surface area contributed by atoms with Crippen LogP contribution >= 0.6 is 0 Å². The highest BCUT2D eigenvalue weighted by atomic mass is 16.6. The van der Waals surface area contributed by atoms with Gasteiger partial charge < -0.3 is 10.4 Å². The van der Waals surface area contributed by atoms with Crippen LogP contribution in [0.5, 0.6) is 0 Å². The van der Waals surface area contributed by atoms with Crippen LogP contribution in [-0.2, 0) is 12.1 Å². The van der Waals surface area contributed by atoms with Gasteiger partial charge in [-0.2, -0.15) is 5.10 Å². The van der Waals surface area contributed by atoms with Gasteiger partial charge in [0.05, 0.1) is 22.7 Å². The molecule has 10 nitrogen and oxygen atoms in total. The van der Waals surface area contributed by atoms with Crippen molar-refractivity contribution in [2.75, 3.05) is 5.32 Å². The fourth-order valence-corrected chi connectivity index (χ4v) is 2.87. The summed E-state index contributed by atoms with van der Waals surface area (Å²) in [7, 11) is 0. The number of carboxylic acid groups (broad SMARTS) is 1. The molecular formula is C15H15N5O5. The van der Waals surface area contributed by atoms with Crippen LogP contribution < -0.4 is 5.32 Å². The van der Waals surface area contributed by atoms with Crippen LogP contribution in [0.1, 0.15) is 35.5 Å². The van der Waals surface area contributed by atoms with Gasteiger partial charge in [-0.15, -0.1) is 0 Å². The minimum absolute atomic E-state index is 0.0821. The van der Waals surface area contributed by atoms with E-state index in [0.717, 1.165) is 6.07 Å². The average Bonchev–Trinajstić information content (AvgIpc) is 3.06. The Morgan fingerprint density at radius 2 is 2.16 bits per heavy atom. The number of hydrogen-bond donors (Lipinski definition) is 3. The number of nitro benzene ring substituents is 1. The van der Waals surface area contributed by atoms with Crippen LogP contribution in [0.25, 0.3) is 0 Å². The molecule has 2 heterocycles. The van der Waals surface area contributed by atoms with Gasteiger partial charge in [0.2, 0.25) is 0 Å². The molecule has 1 aliphatic heterocycles. The summed E-state index contributed by atoms with van der Waals surface area (Å²) < 4.78 is 0. The van der Waals surface area contributed by atoms with Gasteiger partial charge in [-0.3, -0.25) is 24.9 Å².